The fraction of sp³-hybridized carbons (Fsp3) is 0.931. The lowest BCUT2D eigenvalue weighted by Gasteiger charge is -2.03. The highest BCUT2D eigenvalue weighted by Gasteiger charge is 2.36. The first-order chi connectivity index (χ1) is 14.9. The van der Waals surface area contributed by atoms with Gasteiger partial charge < -0.3 is 4.74 Å². The molecule has 0 aromatic carbocycles. The van der Waals surface area contributed by atoms with Gasteiger partial charge in [0.2, 0.25) is 0 Å². The monoisotopic (exact) mass is 420 g/mol. The molecule has 1 heterocycles. The predicted molar refractivity (Wildman–Crippen MR) is 135 cm³/mol. The van der Waals surface area contributed by atoms with Gasteiger partial charge in [-0.2, -0.15) is 0 Å². The first kappa shape index (κ1) is 27.7. The smallest absolute Gasteiger partial charge is 0.0841 e. The average Bonchev–Trinajstić information content (AvgIpc) is 3.51. The number of allylic oxidation sites excluding steroid dienone is 1. The van der Waals surface area contributed by atoms with Crippen molar-refractivity contribution < 1.29 is 4.74 Å². The van der Waals surface area contributed by atoms with Crippen LogP contribution in [0.5, 0.6) is 0 Å². The third-order valence-electron chi connectivity index (χ3n) is 6.93. The minimum Gasteiger partial charge on any atom is -0.370 e. The molecule has 1 saturated heterocycles. The van der Waals surface area contributed by atoms with Gasteiger partial charge in [0.1, 0.15) is 0 Å². The van der Waals surface area contributed by atoms with Gasteiger partial charge in [0.25, 0.3) is 0 Å². The summed E-state index contributed by atoms with van der Waals surface area (Å²) in [5.74, 6) is 0. The molecule has 178 valence electrons. The molecule has 0 radical (unpaired) electrons. The highest BCUT2D eigenvalue weighted by atomic mass is 16.6. The lowest BCUT2D eigenvalue weighted by molar-refractivity contribution is 0.347. The van der Waals surface area contributed by atoms with Crippen LogP contribution in [0.15, 0.2) is 12.7 Å². The molecule has 2 atom stereocenters. The summed E-state index contributed by atoms with van der Waals surface area (Å²) in [7, 11) is 0. The second-order valence-electron chi connectivity index (χ2n) is 9.94. The number of epoxide rings is 1. The zero-order valence-electron chi connectivity index (χ0n) is 20.8. The fourth-order valence-corrected chi connectivity index (χ4v) is 4.75. The van der Waals surface area contributed by atoms with Gasteiger partial charge in [-0.1, -0.05) is 141 Å². The van der Waals surface area contributed by atoms with Crippen molar-refractivity contribution in [2.75, 3.05) is 0 Å². The molecule has 0 unspecified atom stereocenters. The maximum atomic E-state index is 5.87. The van der Waals surface area contributed by atoms with Crippen molar-refractivity contribution in [3.63, 3.8) is 0 Å². The van der Waals surface area contributed by atoms with Gasteiger partial charge in [-0.25, -0.2) is 0 Å². The molecule has 1 nitrogen and oxygen atoms in total. The first-order valence-corrected chi connectivity index (χ1v) is 14.1. The normalized spacial score (nSPS) is 18.0. The second-order valence-corrected chi connectivity index (χ2v) is 9.94. The molecule has 1 heteroatoms. The van der Waals surface area contributed by atoms with Crippen molar-refractivity contribution in [3.05, 3.63) is 12.7 Å². The van der Waals surface area contributed by atoms with E-state index in [1.54, 1.807) is 0 Å². The minimum atomic E-state index is 0.632. The Hall–Kier alpha value is -0.300. The van der Waals surface area contributed by atoms with Crippen molar-refractivity contribution >= 4 is 0 Å². The van der Waals surface area contributed by atoms with Crippen LogP contribution in [0.25, 0.3) is 0 Å². The van der Waals surface area contributed by atoms with E-state index in [1.165, 1.54) is 154 Å². The molecule has 0 N–H and O–H groups in total. The van der Waals surface area contributed by atoms with Crippen molar-refractivity contribution in [3.8, 4) is 0 Å². The lowest BCUT2D eigenvalue weighted by Crippen LogP contribution is -1.94. The third-order valence-corrected chi connectivity index (χ3v) is 6.93. The van der Waals surface area contributed by atoms with E-state index < -0.39 is 0 Å². The summed E-state index contributed by atoms with van der Waals surface area (Å²) in [4.78, 5) is 0. The molecule has 1 aliphatic rings. The summed E-state index contributed by atoms with van der Waals surface area (Å²) in [5, 5.41) is 0. The molecule has 0 saturated carbocycles. The van der Waals surface area contributed by atoms with Crippen LogP contribution >= 0.6 is 0 Å². The molecule has 1 aliphatic heterocycles. The van der Waals surface area contributed by atoms with E-state index in [0.717, 1.165) is 0 Å². The third kappa shape index (κ3) is 18.5. The Labute approximate surface area is 190 Å². The van der Waals surface area contributed by atoms with Gasteiger partial charge in [0, 0.05) is 0 Å². The predicted octanol–water partition coefficient (Wildman–Crippen LogP) is 10.3. The van der Waals surface area contributed by atoms with Crippen molar-refractivity contribution in [2.45, 2.75) is 173 Å². The summed E-state index contributed by atoms with van der Waals surface area (Å²) in [6.07, 6.45) is 37.2. The van der Waals surface area contributed by atoms with E-state index in [0.29, 0.717) is 12.2 Å². The Morgan fingerprint density at radius 2 is 0.833 bits per heavy atom. The molecular formula is C29H56O. The first-order valence-electron chi connectivity index (χ1n) is 14.1. The van der Waals surface area contributed by atoms with E-state index in [9.17, 15) is 0 Å². The van der Waals surface area contributed by atoms with Crippen molar-refractivity contribution in [2.24, 2.45) is 0 Å². The topological polar surface area (TPSA) is 12.5 Å². The zero-order valence-corrected chi connectivity index (χ0v) is 20.8. The maximum Gasteiger partial charge on any atom is 0.0841 e. The largest absolute Gasteiger partial charge is 0.370 e. The Morgan fingerprint density at radius 1 is 0.500 bits per heavy atom. The Balaban J connectivity index is 1.67. The Bertz CT molecular complexity index is 350. The van der Waals surface area contributed by atoms with Crippen LogP contribution in [-0.2, 0) is 4.74 Å². The maximum absolute atomic E-state index is 5.87. The standard InChI is InChI=1S/C29H56O/c1-3-5-7-9-11-12-13-14-15-16-17-18-19-20-21-23-25-27-29-28(30-29)26-24-22-10-8-6-4-2/h3,28-29H,1,4-27H2,2H3/t28-,29+/m1/s1. The van der Waals surface area contributed by atoms with Crippen LogP contribution in [0.1, 0.15) is 161 Å². The minimum absolute atomic E-state index is 0.632. The molecule has 0 amide bonds. The Kier molecular flexibility index (Phi) is 20.3. The quantitative estimate of drug-likeness (QED) is 0.0812. The highest BCUT2D eigenvalue weighted by molar-refractivity contribution is 4.84. The molecule has 0 bridgehead atoms. The number of hydrogen-bond acceptors (Lipinski definition) is 1. The van der Waals surface area contributed by atoms with Gasteiger partial charge in [-0.3, -0.25) is 0 Å². The van der Waals surface area contributed by atoms with E-state index in [1.807, 2.05) is 0 Å². The van der Waals surface area contributed by atoms with Gasteiger partial charge in [0.05, 0.1) is 12.2 Å². The zero-order chi connectivity index (χ0) is 21.5. The summed E-state index contributed by atoms with van der Waals surface area (Å²) in [6.45, 7) is 6.08. The number of hydrogen-bond donors (Lipinski definition) is 0. The van der Waals surface area contributed by atoms with Crippen LogP contribution in [0.3, 0.4) is 0 Å². The molecule has 1 rings (SSSR count). The average molecular weight is 421 g/mol. The number of unbranched alkanes of at least 4 members (excludes halogenated alkanes) is 20. The fourth-order valence-electron chi connectivity index (χ4n) is 4.75. The molecular weight excluding hydrogens is 364 g/mol. The Morgan fingerprint density at radius 3 is 1.20 bits per heavy atom. The highest BCUT2D eigenvalue weighted by Crippen LogP contribution is 2.31. The van der Waals surface area contributed by atoms with Crippen LogP contribution < -0.4 is 0 Å². The summed E-state index contributed by atoms with van der Waals surface area (Å²) in [6, 6.07) is 0. The summed E-state index contributed by atoms with van der Waals surface area (Å²) in [5.41, 5.74) is 0. The van der Waals surface area contributed by atoms with Crippen LogP contribution in [0.4, 0.5) is 0 Å². The van der Waals surface area contributed by atoms with Gasteiger partial charge in [0.15, 0.2) is 0 Å². The molecule has 1 fully saturated rings. The van der Waals surface area contributed by atoms with E-state index in [2.05, 4.69) is 19.6 Å². The molecule has 0 aromatic heterocycles. The molecule has 0 aromatic rings. The van der Waals surface area contributed by atoms with Gasteiger partial charge >= 0.3 is 0 Å². The lowest BCUT2D eigenvalue weighted by atomic mass is 10.0. The molecule has 0 spiro atoms. The van der Waals surface area contributed by atoms with E-state index in [4.69, 9.17) is 4.74 Å². The van der Waals surface area contributed by atoms with Crippen molar-refractivity contribution in [1.82, 2.24) is 0 Å². The second kappa shape index (κ2) is 21.9. The van der Waals surface area contributed by atoms with Crippen LogP contribution in [-0.4, -0.2) is 12.2 Å². The SMILES string of the molecule is C=CCCCCCCCCCCCCCCCCC[C@@H]1O[C@@H]1CCCCCCCC. The van der Waals surface area contributed by atoms with Gasteiger partial charge in [-0.05, 0) is 25.7 Å². The van der Waals surface area contributed by atoms with Crippen LogP contribution in [0, 0.1) is 0 Å². The van der Waals surface area contributed by atoms with E-state index in [-0.39, 0.29) is 0 Å². The summed E-state index contributed by atoms with van der Waals surface area (Å²) >= 11 is 0. The van der Waals surface area contributed by atoms with Gasteiger partial charge in [-0.15, -0.1) is 6.58 Å². The number of rotatable bonds is 25. The number of ether oxygens (including phenoxy) is 1. The summed E-state index contributed by atoms with van der Waals surface area (Å²) < 4.78 is 5.87. The van der Waals surface area contributed by atoms with E-state index >= 15 is 0 Å². The van der Waals surface area contributed by atoms with Crippen molar-refractivity contribution in [1.29, 1.82) is 0 Å². The molecule has 0 aliphatic carbocycles. The van der Waals surface area contributed by atoms with Crippen LogP contribution in [0.2, 0.25) is 0 Å². The molecule has 30 heavy (non-hydrogen) atoms.